The summed E-state index contributed by atoms with van der Waals surface area (Å²) < 4.78 is 0. The van der Waals surface area contributed by atoms with Crippen molar-refractivity contribution in [3.05, 3.63) is 23.4 Å². The Kier molecular flexibility index (Phi) is 4.77. The molecule has 0 unspecified atom stereocenters. The first-order valence-electron chi connectivity index (χ1n) is 7.31. The molecule has 2 heterocycles. The number of aromatic nitrogens is 1. The van der Waals surface area contributed by atoms with E-state index in [-0.39, 0.29) is 18.4 Å². The zero-order valence-corrected chi connectivity index (χ0v) is 12.6. The van der Waals surface area contributed by atoms with Crippen LogP contribution in [0.5, 0.6) is 0 Å². The quantitative estimate of drug-likeness (QED) is 0.897. The van der Waals surface area contributed by atoms with Crippen LogP contribution in [0.25, 0.3) is 0 Å². The number of likely N-dealkylation sites (N-methyl/N-ethyl adjacent to an activating group) is 1. The van der Waals surface area contributed by atoms with E-state index in [1.807, 2.05) is 0 Å². The van der Waals surface area contributed by atoms with Crippen molar-refractivity contribution in [2.75, 3.05) is 32.4 Å². The highest BCUT2D eigenvalue weighted by atomic mass is 16.2. The molecule has 1 aromatic rings. The van der Waals surface area contributed by atoms with Crippen molar-refractivity contribution in [1.82, 2.24) is 14.8 Å². The molecule has 1 saturated heterocycles. The summed E-state index contributed by atoms with van der Waals surface area (Å²) in [6, 6.07) is 3.36. The molecule has 0 atom stereocenters. The van der Waals surface area contributed by atoms with Gasteiger partial charge in [0, 0.05) is 31.4 Å². The summed E-state index contributed by atoms with van der Waals surface area (Å²) in [5, 5.41) is 0. The Labute approximate surface area is 124 Å². The summed E-state index contributed by atoms with van der Waals surface area (Å²) in [6.07, 6.45) is 2.51. The fourth-order valence-corrected chi connectivity index (χ4v) is 2.46. The molecule has 1 aliphatic rings. The number of carbonyl (C=O) groups is 2. The standard InChI is InChI=1S/C15H22N4O2/c1-3-5-12-8-11(9-13(16)17-12)15(21)19-7-4-6-18(2)14(20)10-19/h8-9H,3-7,10H2,1-2H3,(H2,16,17). The number of rotatable bonds is 3. The lowest BCUT2D eigenvalue weighted by Gasteiger charge is -2.20. The molecule has 1 fully saturated rings. The Morgan fingerprint density at radius 2 is 2.14 bits per heavy atom. The van der Waals surface area contributed by atoms with Gasteiger partial charge in [0.25, 0.3) is 5.91 Å². The number of aryl methyl sites for hydroxylation is 1. The van der Waals surface area contributed by atoms with Crippen LogP contribution in [0.15, 0.2) is 12.1 Å². The first kappa shape index (κ1) is 15.3. The van der Waals surface area contributed by atoms with E-state index in [9.17, 15) is 9.59 Å². The minimum absolute atomic E-state index is 0.0309. The summed E-state index contributed by atoms with van der Waals surface area (Å²) in [6.45, 7) is 3.44. The normalized spacial score (nSPS) is 16.0. The number of carbonyl (C=O) groups excluding carboxylic acids is 2. The lowest BCUT2D eigenvalue weighted by molar-refractivity contribution is -0.129. The minimum Gasteiger partial charge on any atom is -0.384 e. The van der Waals surface area contributed by atoms with E-state index in [0.29, 0.717) is 24.5 Å². The molecule has 6 heteroatoms. The van der Waals surface area contributed by atoms with Gasteiger partial charge in [0.1, 0.15) is 12.4 Å². The lowest BCUT2D eigenvalue weighted by atomic mass is 10.1. The SMILES string of the molecule is CCCc1cc(C(=O)N2CCCN(C)C(=O)C2)cc(N)n1. The van der Waals surface area contributed by atoms with Crippen LogP contribution in [0.1, 0.15) is 35.8 Å². The van der Waals surface area contributed by atoms with Crippen LogP contribution in [0.3, 0.4) is 0 Å². The molecule has 0 radical (unpaired) electrons. The second kappa shape index (κ2) is 6.56. The van der Waals surface area contributed by atoms with Gasteiger partial charge in [-0.05, 0) is 25.0 Å². The van der Waals surface area contributed by atoms with E-state index in [1.165, 1.54) is 0 Å². The van der Waals surface area contributed by atoms with E-state index in [1.54, 1.807) is 29.0 Å². The Morgan fingerprint density at radius 1 is 1.38 bits per heavy atom. The Bertz CT molecular complexity index is 544. The topological polar surface area (TPSA) is 79.5 Å². The predicted molar refractivity (Wildman–Crippen MR) is 80.8 cm³/mol. The summed E-state index contributed by atoms with van der Waals surface area (Å²) in [5.41, 5.74) is 7.12. The van der Waals surface area contributed by atoms with Crippen molar-refractivity contribution in [3.63, 3.8) is 0 Å². The zero-order chi connectivity index (χ0) is 15.4. The molecule has 0 spiro atoms. The van der Waals surface area contributed by atoms with Gasteiger partial charge in [0.2, 0.25) is 5.91 Å². The summed E-state index contributed by atoms with van der Waals surface area (Å²) >= 11 is 0. The van der Waals surface area contributed by atoms with E-state index in [2.05, 4.69) is 11.9 Å². The fourth-order valence-electron chi connectivity index (χ4n) is 2.46. The number of amides is 2. The van der Waals surface area contributed by atoms with Crippen molar-refractivity contribution in [2.45, 2.75) is 26.2 Å². The molecule has 0 aliphatic carbocycles. The molecule has 0 bridgehead atoms. The van der Waals surface area contributed by atoms with Crippen LogP contribution < -0.4 is 5.73 Å². The number of nitrogens with two attached hydrogens (primary N) is 1. The third-order valence-corrected chi connectivity index (χ3v) is 3.61. The van der Waals surface area contributed by atoms with Gasteiger partial charge in [-0.15, -0.1) is 0 Å². The second-order valence-corrected chi connectivity index (χ2v) is 5.42. The van der Waals surface area contributed by atoms with Crippen molar-refractivity contribution >= 4 is 17.6 Å². The Morgan fingerprint density at radius 3 is 2.86 bits per heavy atom. The number of nitrogen functional groups attached to an aromatic ring is 1. The van der Waals surface area contributed by atoms with Gasteiger partial charge in [-0.2, -0.15) is 0 Å². The van der Waals surface area contributed by atoms with E-state index < -0.39 is 0 Å². The van der Waals surface area contributed by atoms with Crippen LogP contribution >= 0.6 is 0 Å². The largest absolute Gasteiger partial charge is 0.384 e. The Hall–Kier alpha value is -2.11. The highest BCUT2D eigenvalue weighted by molar-refractivity contribution is 5.97. The molecule has 114 valence electrons. The van der Waals surface area contributed by atoms with Crippen molar-refractivity contribution < 1.29 is 9.59 Å². The molecular formula is C15H22N4O2. The maximum Gasteiger partial charge on any atom is 0.254 e. The molecule has 2 N–H and O–H groups in total. The van der Waals surface area contributed by atoms with Gasteiger partial charge in [0.05, 0.1) is 0 Å². The van der Waals surface area contributed by atoms with Crippen molar-refractivity contribution in [1.29, 1.82) is 0 Å². The van der Waals surface area contributed by atoms with Gasteiger partial charge in [0.15, 0.2) is 0 Å². The second-order valence-electron chi connectivity index (χ2n) is 5.42. The van der Waals surface area contributed by atoms with Gasteiger partial charge in [-0.25, -0.2) is 4.98 Å². The zero-order valence-electron chi connectivity index (χ0n) is 12.6. The molecule has 6 nitrogen and oxygen atoms in total. The maximum absolute atomic E-state index is 12.6. The lowest BCUT2D eigenvalue weighted by Crippen LogP contribution is -2.38. The number of hydrogen-bond acceptors (Lipinski definition) is 4. The highest BCUT2D eigenvalue weighted by Gasteiger charge is 2.24. The summed E-state index contributed by atoms with van der Waals surface area (Å²) in [5.74, 6) is 0.171. The number of nitrogens with zero attached hydrogens (tertiary/aromatic N) is 3. The molecule has 0 aromatic carbocycles. The van der Waals surface area contributed by atoms with Crippen LogP contribution in [0, 0.1) is 0 Å². The maximum atomic E-state index is 12.6. The van der Waals surface area contributed by atoms with Crippen LogP contribution in [-0.4, -0.2) is 53.3 Å². The van der Waals surface area contributed by atoms with Crippen molar-refractivity contribution in [2.24, 2.45) is 0 Å². The molecule has 0 saturated carbocycles. The average molecular weight is 290 g/mol. The third-order valence-electron chi connectivity index (χ3n) is 3.61. The van der Waals surface area contributed by atoms with Crippen molar-refractivity contribution in [3.8, 4) is 0 Å². The molecule has 1 aromatic heterocycles. The molecular weight excluding hydrogens is 268 g/mol. The van der Waals surface area contributed by atoms with Crippen LogP contribution in [0.2, 0.25) is 0 Å². The molecule has 2 rings (SSSR count). The van der Waals surface area contributed by atoms with Gasteiger partial charge < -0.3 is 15.5 Å². The van der Waals surface area contributed by atoms with Crippen LogP contribution in [0.4, 0.5) is 5.82 Å². The van der Waals surface area contributed by atoms with Crippen LogP contribution in [-0.2, 0) is 11.2 Å². The van der Waals surface area contributed by atoms with Gasteiger partial charge in [-0.1, -0.05) is 13.3 Å². The molecule has 21 heavy (non-hydrogen) atoms. The van der Waals surface area contributed by atoms with E-state index in [4.69, 9.17) is 5.73 Å². The third kappa shape index (κ3) is 3.71. The number of anilines is 1. The molecule has 2 amide bonds. The Balaban J connectivity index is 2.20. The number of hydrogen-bond donors (Lipinski definition) is 1. The first-order chi connectivity index (χ1) is 10.0. The minimum atomic E-state index is -0.148. The fraction of sp³-hybridized carbons (Fsp3) is 0.533. The predicted octanol–water partition coefficient (Wildman–Crippen LogP) is 0.921. The van der Waals surface area contributed by atoms with E-state index >= 15 is 0 Å². The monoisotopic (exact) mass is 290 g/mol. The summed E-state index contributed by atoms with van der Waals surface area (Å²) in [7, 11) is 1.76. The molecule has 1 aliphatic heterocycles. The average Bonchev–Trinajstić information content (AvgIpc) is 2.60. The van der Waals surface area contributed by atoms with E-state index in [0.717, 1.165) is 25.0 Å². The highest BCUT2D eigenvalue weighted by Crippen LogP contribution is 2.14. The first-order valence-corrected chi connectivity index (χ1v) is 7.31. The summed E-state index contributed by atoms with van der Waals surface area (Å²) in [4.78, 5) is 32.0. The van der Waals surface area contributed by atoms with Gasteiger partial charge >= 0.3 is 0 Å². The number of pyridine rings is 1. The smallest absolute Gasteiger partial charge is 0.254 e. The van der Waals surface area contributed by atoms with Gasteiger partial charge in [-0.3, -0.25) is 9.59 Å².